The molecule has 0 aliphatic heterocycles. The predicted molar refractivity (Wildman–Crippen MR) is 88.8 cm³/mol. The summed E-state index contributed by atoms with van der Waals surface area (Å²) in [5, 5.41) is 0. The van der Waals surface area contributed by atoms with Gasteiger partial charge in [0.25, 0.3) is 0 Å². The summed E-state index contributed by atoms with van der Waals surface area (Å²) in [6.07, 6.45) is 10.4. The van der Waals surface area contributed by atoms with Crippen LogP contribution in [0.3, 0.4) is 0 Å². The molecule has 0 N–H and O–H groups in total. The van der Waals surface area contributed by atoms with Gasteiger partial charge in [-0.3, -0.25) is 0 Å². The highest BCUT2D eigenvalue weighted by Gasteiger charge is 2.25. The molecule has 1 saturated carbocycles. The molecule has 130 valence electrons. The first-order valence-corrected chi connectivity index (χ1v) is 9.14. The van der Waals surface area contributed by atoms with Crippen molar-refractivity contribution in [2.75, 3.05) is 0 Å². The minimum Gasteiger partial charge on any atom is -0.204 e. The van der Waals surface area contributed by atoms with E-state index in [0.717, 1.165) is 42.7 Å². The van der Waals surface area contributed by atoms with Gasteiger partial charge in [0.1, 0.15) is 0 Å². The van der Waals surface area contributed by atoms with Gasteiger partial charge in [-0.05, 0) is 67.6 Å². The number of halogens is 3. The molecule has 0 amide bonds. The van der Waals surface area contributed by atoms with Crippen molar-refractivity contribution < 1.29 is 13.2 Å². The Hall–Kier alpha value is -0.990. The zero-order valence-electron chi connectivity index (χ0n) is 14.4. The molecule has 3 heteroatoms. The molecular formula is C20H29F3. The Morgan fingerprint density at radius 3 is 2.17 bits per heavy atom. The topological polar surface area (TPSA) is 0 Å². The zero-order chi connectivity index (χ0) is 16.8. The lowest BCUT2D eigenvalue weighted by Crippen LogP contribution is -2.21. The second-order valence-electron chi connectivity index (χ2n) is 7.33. The lowest BCUT2D eigenvalue weighted by atomic mass is 9.73. The van der Waals surface area contributed by atoms with E-state index < -0.39 is 17.5 Å². The van der Waals surface area contributed by atoms with Gasteiger partial charge in [0.05, 0.1) is 0 Å². The van der Waals surface area contributed by atoms with Crippen molar-refractivity contribution in [1.82, 2.24) is 0 Å². The second kappa shape index (κ2) is 8.75. The van der Waals surface area contributed by atoms with Crippen LogP contribution in [-0.4, -0.2) is 0 Å². The molecule has 2 rings (SSSR count). The molecule has 0 saturated heterocycles. The molecule has 23 heavy (non-hydrogen) atoms. The Kier molecular flexibility index (Phi) is 6.98. The largest absolute Gasteiger partial charge is 0.204 e. The second-order valence-corrected chi connectivity index (χ2v) is 7.33. The standard InChI is InChI=1S/C20H29F3/c1-3-5-16(17-10-8-14(2)9-11-17)7-4-6-15-12-18(21)20(23)19(22)13-15/h12-14,16-17H,3-11H2,1-2H3. The SMILES string of the molecule is CCCC(CCCc1cc(F)c(F)c(F)c1)C1CCC(C)CC1. The average molecular weight is 326 g/mol. The minimum atomic E-state index is -1.37. The van der Waals surface area contributed by atoms with Crippen LogP contribution in [0, 0.1) is 35.2 Å². The third kappa shape index (κ3) is 5.26. The smallest absolute Gasteiger partial charge is 0.194 e. The number of aryl methyl sites for hydroxylation is 1. The molecule has 0 nitrogen and oxygen atoms in total. The Morgan fingerprint density at radius 2 is 1.61 bits per heavy atom. The maximum absolute atomic E-state index is 13.3. The van der Waals surface area contributed by atoms with Crippen molar-refractivity contribution >= 4 is 0 Å². The van der Waals surface area contributed by atoms with Crippen LogP contribution < -0.4 is 0 Å². The summed E-state index contributed by atoms with van der Waals surface area (Å²) in [7, 11) is 0. The molecule has 0 aromatic heterocycles. The van der Waals surface area contributed by atoms with Crippen molar-refractivity contribution in [3.63, 3.8) is 0 Å². The minimum absolute atomic E-state index is 0.564. The molecule has 0 bridgehead atoms. The normalized spacial score (nSPS) is 23.0. The van der Waals surface area contributed by atoms with Crippen molar-refractivity contribution in [2.45, 2.75) is 71.6 Å². The van der Waals surface area contributed by atoms with Crippen molar-refractivity contribution in [3.05, 3.63) is 35.1 Å². The summed E-state index contributed by atoms with van der Waals surface area (Å²) in [5.41, 5.74) is 0.564. The van der Waals surface area contributed by atoms with Crippen molar-refractivity contribution in [2.24, 2.45) is 17.8 Å². The highest BCUT2D eigenvalue weighted by atomic mass is 19.2. The molecule has 1 aliphatic carbocycles. The molecule has 0 radical (unpaired) electrons. The Bertz CT molecular complexity index is 467. The Balaban J connectivity index is 1.86. The van der Waals surface area contributed by atoms with Gasteiger partial charge in [0, 0.05) is 0 Å². The van der Waals surface area contributed by atoms with Gasteiger partial charge in [-0.15, -0.1) is 0 Å². The lowest BCUT2D eigenvalue weighted by Gasteiger charge is -2.33. The van der Waals surface area contributed by atoms with Crippen LogP contribution in [0.5, 0.6) is 0 Å². The van der Waals surface area contributed by atoms with Gasteiger partial charge >= 0.3 is 0 Å². The molecule has 0 spiro atoms. The fourth-order valence-electron chi connectivity index (χ4n) is 4.06. The molecule has 0 heterocycles. The molecular weight excluding hydrogens is 297 g/mol. The van der Waals surface area contributed by atoms with Gasteiger partial charge in [-0.2, -0.15) is 0 Å². The van der Waals surface area contributed by atoms with Crippen LogP contribution in [0.15, 0.2) is 12.1 Å². The molecule has 1 aliphatic rings. The van der Waals surface area contributed by atoms with E-state index in [1.54, 1.807) is 0 Å². The number of benzene rings is 1. The van der Waals surface area contributed by atoms with Gasteiger partial charge in [0.2, 0.25) is 0 Å². The number of hydrogen-bond donors (Lipinski definition) is 0. The summed E-state index contributed by atoms with van der Waals surface area (Å²) in [6.45, 7) is 4.56. The van der Waals surface area contributed by atoms with E-state index in [1.807, 2.05) is 0 Å². The van der Waals surface area contributed by atoms with Crippen LogP contribution in [0.1, 0.15) is 70.8 Å². The van der Waals surface area contributed by atoms with E-state index in [1.165, 1.54) is 38.5 Å². The van der Waals surface area contributed by atoms with Gasteiger partial charge in [-0.1, -0.05) is 39.5 Å². The quantitative estimate of drug-likeness (QED) is 0.491. The van der Waals surface area contributed by atoms with Crippen LogP contribution in [0.2, 0.25) is 0 Å². The first-order valence-electron chi connectivity index (χ1n) is 9.14. The third-order valence-corrected chi connectivity index (χ3v) is 5.47. The molecule has 1 aromatic rings. The summed E-state index contributed by atoms with van der Waals surface area (Å²) in [6, 6.07) is 2.27. The van der Waals surface area contributed by atoms with Gasteiger partial charge in [0.15, 0.2) is 17.5 Å². The van der Waals surface area contributed by atoms with Crippen LogP contribution in [-0.2, 0) is 6.42 Å². The fourth-order valence-corrected chi connectivity index (χ4v) is 4.06. The van der Waals surface area contributed by atoms with Crippen molar-refractivity contribution in [3.8, 4) is 0 Å². The maximum Gasteiger partial charge on any atom is 0.194 e. The molecule has 1 atom stereocenters. The average Bonchev–Trinajstić information content (AvgIpc) is 2.52. The maximum atomic E-state index is 13.3. The van der Waals surface area contributed by atoms with E-state index in [9.17, 15) is 13.2 Å². The third-order valence-electron chi connectivity index (χ3n) is 5.47. The fraction of sp³-hybridized carbons (Fsp3) is 0.700. The first-order chi connectivity index (χ1) is 11.0. The first kappa shape index (κ1) is 18.4. The van der Waals surface area contributed by atoms with Gasteiger partial charge in [-0.25, -0.2) is 13.2 Å². The number of hydrogen-bond acceptors (Lipinski definition) is 0. The van der Waals surface area contributed by atoms with E-state index in [0.29, 0.717) is 12.0 Å². The molecule has 1 aromatic carbocycles. The van der Waals surface area contributed by atoms with Crippen LogP contribution in [0.4, 0.5) is 13.2 Å². The summed E-state index contributed by atoms with van der Waals surface area (Å²) < 4.78 is 39.5. The number of rotatable bonds is 7. The van der Waals surface area contributed by atoms with Crippen LogP contribution >= 0.6 is 0 Å². The zero-order valence-corrected chi connectivity index (χ0v) is 14.4. The molecule has 1 fully saturated rings. The van der Waals surface area contributed by atoms with Crippen LogP contribution in [0.25, 0.3) is 0 Å². The summed E-state index contributed by atoms with van der Waals surface area (Å²) in [5.74, 6) is -1.12. The molecule has 1 unspecified atom stereocenters. The van der Waals surface area contributed by atoms with E-state index in [-0.39, 0.29) is 0 Å². The highest BCUT2D eigenvalue weighted by molar-refractivity contribution is 5.19. The van der Waals surface area contributed by atoms with Crippen molar-refractivity contribution in [1.29, 1.82) is 0 Å². The highest BCUT2D eigenvalue weighted by Crippen LogP contribution is 2.37. The van der Waals surface area contributed by atoms with E-state index >= 15 is 0 Å². The Morgan fingerprint density at radius 1 is 1.00 bits per heavy atom. The summed E-state index contributed by atoms with van der Waals surface area (Å²) >= 11 is 0. The lowest BCUT2D eigenvalue weighted by molar-refractivity contribution is 0.191. The van der Waals surface area contributed by atoms with E-state index in [4.69, 9.17) is 0 Å². The summed E-state index contributed by atoms with van der Waals surface area (Å²) in [4.78, 5) is 0. The monoisotopic (exact) mass is 326 g/mol. The predicted octanol–water partition coefficient (Wildman–Crippen LogP) is 6.67. The van der Waals surface area contributed by atoms with Gasteiger partial charge < -0.3 is 0 Å². The van der Waals surface area contributed by atoms with E-state index in [2.05, 4.69) is 13.8 Å². The Labute approximate surface area is 138 Å².